The first-order valence-corrected chi connectivity index (χ1v) is 5.55. The molecule has 2 heteroatoms. The fraction of sp³-hybridized carbons (Fsp3) is 0.429. The van der Waals surface area contributed by atoms with Gasteiger partial charge in [0, 0.05) is 0 Å². The molecule has 1 rings (SSSR count). The molecule has 52 valence electrons. The van der Waals surface area contributed by atoms with Crippen molar-refractivity contribution in [1.82, 2.24) is 0 Å². The third-order valence-electron chi connectivity index (χ3n) is 1.65. The normalized spacial score (nSPS) is 19.8. The van der Waals surface area contributed by atoms with Gasteiger partial charge in [0.1, 0.15) is 0 Å². The maximum Gasteiger partial charge on any atom is 0.0646 e. The maximum atomic E-state index is 2.35. The molecule has 0 saturated carbocycles. The average Bonchev–Trinajstić information content (AvgIpc) is 2.17. The van der Waals surface area contributed by atoms with E-state index in [1.54, 1.807) is 0 Å². The van der Waals surface area contributed by atoms with Crippen LogP contribution in [0.1, 0.15) is 6.92 Å². The number of hydrogen-bond donors (Lipinski definition) is 0. The third kappa shape index (κ3) is 2.23. The van der Waals surface area contributed by atoms with Crippen LogP contribution in [0, 0.1) is 0 Å². The monoisotopic (exact) mass is 206 g/mol. The maximum absolute atomic E-state index is 2.35. The Hall–Kier alpha value is 0.390. The van der Waals surface area contributed by atoms with Gasteiger partial charge < -0.3 is 17.0 Å². The van der Waals surface area contributed by atoms with E-state index < -0.39 is 7.26 Å². The summed E-state index contributed by atoms with van der Waals surface area (Å²) in [4.78, 5) is 0. The van der Waals surface area contributed by atoms with Gasteiger partial charge >= 0.3 is 0 Å². The minimum atomic E-state index is -0.662. The predicted molar refractivity (Wildman–Crippen MR) is 41.7 cm³/mol. The lowest BCUT2D eigenvalue weighted by Crippen LogP contribution is -3.00. The van der Waals surface area contributed by atoms with Crippen molar-refractivity contribution >= 4 is 7.26 Å². The van der Waals surface area contributed by atoms with E-state index in [0.717, 1.165) is 0 Å². The van der Waals surface area contributed by atoms with Crippen LogP contribution in [-0.4, -0.2) is 12.8 Å². The largest absolute Gasteiger partial charge is 1.00 e. The van der Waals surface area contributed by atoms with Crippen molar-refractivity contribution < 1.29 is 17.0 Å². The van der Waals surface area contributed by atoms with Gasteiger partial charge in [-0.2, -0.15) is 0 Å². The molecule has 1 aliphatic heterocycles. The summed E-state index contributed by atoms with van der Waals surface area (Å²) in [6.45, 7) is 4.61. The van der Waals surface area contributed by atoms with Crippen molar-refractivity contribution in [2.24, 2.45) is 0 Å². The Morgan fingerprint density at radius 1 is 1.22 bits per heavy atom. The van der Waals surface area contributed by atoms with Crippen LogP contribution in [0.25, 0.3) is 0 Å². The molecule has 0 spiro atoms. The summed E-state index contributed by atoms with van der Waals surface area (Å²) in [7, 11) is -0.662. The van der Waals surface area contributed by atoms with Gasteiger partial charge in [0.25, 0.3) is 0 Å². The molecule has 0 nitrogen and oxygen atoms in total. The SMILES string of the molecule is CC[P+]1(C)C=CC=C1.[Br-]. The van der Waals surface area contributed by atoms with Crippen LogP contribution in [0.3, 0.4) is 0 Å². The van der Waals surface area contributed by atoms with Gasteiger partial charge in [-0.05, 0) is 19.1 Å². The second-order valence-electron chi connectivity index (χ2n) is 2.35. The molecule has 1 heterocycles. The van der Waals surface area contributed by atoms with Crippen molar-refractivity contribution in [3.05, 3.63) is 23.8 Å². The molecule has 0 unspecified atom stereocenters. The van der Waals surface area contributed by atoms with Crippen molar-refractivity contribution in [3.8, 4) is 0 Å². The Balaban J connectivity index is 0.000000640. The summed E-state index contributed by atoms with van der Waals surface area (Å²) in [5, 5.41) is 0. The molecule has 0 saturated heterocycles. The molecule has 0 aromatic rings. The van der Waals surface area contributed by atoms with E-state index in [4.69, 9.17) is 0 Å². The Bertz CT molecular complexity index is 126. The van der Waals surface area contributed by atoms with Gasteiger partial charge in [0.15, 0.2) is 0 Å². The quantitative estimate of drug-likeness (QED) is 0.518. The van der Waals surface area contributed by atoms with Crippen LogP contribution in [0.15, 0.2) is 23.8 Å². The Kier molecular flexibility index (Phi) is 3.68. The minimum absolute atomic E-state index is 0. The molecule has 0 aliphatic carbocycles. The van der Waals surface area contributed by atoms with Gasteiger partial charge in [0.2, 0.25) is 0 Å². The summed E-state index contributed by atoms with van der Waals surface area (Å²) >= 11 is 0. The topological polar surface area (TPSA) is 0 Å². The molecule has 0 N–H and O–H groups in total. The van der Waals surface area contributed by atoms with Crippen LogP contribution in [-0.2, 0) is 0 Å². The summed E-state index contributed by atoms with van der Waals surface area (Å²) in [6, 6.07) is 0. The van der Waals surface area contributed by atoms with E-state index in [2.05, 4.69) is 37.4 Å². The second kappa shape index (κ2) is 3.53. The van der Waals surface area contributed by atoms with Crippen molar-refractivity contribution in [3.63, 3.8) is 0 Å². The molecule has 0 bridgehead atoms. The lowest BCUT2D eigenvalue weighted by atomic mass is 10.6. The van der Waals surface area contributed by atoms with E-state index >= 15 is 0 Å². The van der Waals surface area contributed by atoms with Crippen LogP contribution in [0.2, 0.25) is 0 Å². The number of hydrogen-bond acceptors (Lipinski definition) is 0. The molecule has 0 atom stereocenters. The molecule has 0 radical (unpaired) electrons. The van der Waals surface area contributed by atoms with E-state index in [0.29, 0.717) is 0 Å². The van der Waals surface area contributed by atoms with Crippen LogP contribution in [0.4, 0.5) is 0 Å². The van der Waals surface area contributed by atoms with E-state index in [1.807, 2.05) is 0 Å². The number of halogens is 1. The van der Waals surface area contributed by atoms with E-state index in [-0.39, 0.29) is 17.0 Å². The molecule has 0 aromatic carbocycles. The predicted octanol–water partition coefficient (Wildman–Crippen LogP) is -0.301. The number of rotatable bonds is 1. The highest BCUT2D eigenvalue weighted by molar-refractivity contribution is 7.81. The van der Waals surface area contributed by atoms with Crippen LogP contribution >= 0.6 is 7.26 Å². The van der Waals surface area contributed by atoms with E-state index in [9.17, 15) is 0 Å². The summed E-state index contributed by atoms with van der Waals surface area (Å²) in [6.07, 6.45) is 5.65. The average molecular weight is 207 g/mol. The summed E-state index contributed by atoms with van der Waals surface area (Å²) < 4.78 is 0. The molecule has 0 fully saturated rings. The van der Waals surface area contributed by atoms with Gasteiger partial charge in [-0.3, -0.25) is 0 Å². The van der Waals surface area contributed by atoms with Gasteiger partial charge in [-0.1, -0.05) is 0 Å². The first kappa shape index (κ1) is 9.39. The smallest absolute Gasteiger partial charge is 0.0646 e. The fourth-order valence-electron chi connectivity index (χ4n) is 0.753. The third-order valence-corrected chi connectivity index (χ3v) is 4.71. The van der Waals surface area contributed by atoms with Crippen LogP contribution < -0.4 is 17.0 Å². The van der Waals surface area contributed by atoms with Gasteiger partial charge in [-0.25, -0.2) is 0 Å². The molecular formula is C7H12BrP. The molecule has 1 aliphatic rings. The molecule has 0 amide bonds. The lowest BCUT2D eigenvalue weighted by molar-refractivity contribution is -0.00000178. The lowest BCUT2D eigenvalue weighted by Gasteiger charge is -2.05. The van der Waals surface area contributed by atoms with Crippen molar-refractivity contribution in [1.29, 1.82) is 0 Å². The highest BCUT2D eigenvalue weighted by atomic mass is 79.9. The fourth-order valence-corrected chi connectivity index (χ4v) is 2.26. The van der Waals surface area contributed by atoms with E-state index in [1.165, 1.54) is 6.16 Å². The minimum Gasteiger partial charge on any atom is -1.00 e. The Labute approximate surface area is 68.1 Å². The highest BCUT2D eigenvalue weighted by Gasteiger charge is 2.23. The second-order valence-corrected chi connectivity index (χ2v) is 6.27. The molecule has 9 heavy (non-hydrogen) atoms. The highest BCUT2D eigenvalue weighted by Crippen LogP contribution is 2.60. The zero-order valence-corrected chi connectivity index (χ0v) is 8.32. The standard InChI is InChI=1S/C7H12P.BrH/c1-3-8(2)6-4-5-7-8;/h4-7H,3H2,1-2H3;1H/q+1;/p-1. The Morgan fingerprint density at radius 3 is 1.89 bits per heavy atom. The first-order chi connectivity index (χ1) is 3.77. The van der Waals surface area contributed by atoms with Crippen molar-refractivity contribution in [2.75, 3.05) is 12.8 Å². The zero-order valence-electron chi connectivity index (χ0n) is 5.84. The zero-order chi connectivity index (χ0) is 6.04. The van der Waals surface area contributed by atoms with Crippen LogP contribution in [0.5, 0.6) is 0 Å². The Morgan fingerprint density at radius 2 is 1.67 bits per heavy atom. The molecular weight excluding hydrogens is 195 g/mol. The van der Waals surface area contributed by atoms with Gasteiger partial charge in [0.05, 0.1) is 31.7 Å². The first-order valence-electron chi connectivity index (χ1n) is 2.99. The van der Waals surface area contributed by atoms with Gasteiger partial charge in [-0.15, -0.1) is 0 Å². The number of allylic oxidation sites excluding steroid dienone is 2. The summed E-state index contributed by atoms with van der Waals surface area (Å²) in [5.74, 6) is 4.71. The summed E-state index contributed by atoms with van der Waals surface area (Å²) in [5.41, 5.74) is 0. The van der Waals surface area contributed by atoms with Crippen molar-refractivity contribution in [2.45, 2.75) is 6.92 Å². The molecule has 0 aromatic heterocycles.